The van der Waals surface area contributed by atoms with Gasteiger partial charge >= 0.3 is 0 Å². The number of nitrogens with one attached hydrogen (secondary N) is 1. The average Bonchev–Trinajstić information content (AvgIpc) is 2.03. The Morgan fingerprint density at radius 1 is 1.50 bits per heavy atom. The van der Waals surface area contributed by atoms with Gasteiger partial charge in [-0.2, -0.15) is 0 Å². The fourth-order valence-electron chi connectivity index (χ4n) is 0.757. The lowest BCUT2D eigenvalue weighted by Gasteiger charge is -2.03. The summed E-state index contributed by atoms with van der Waals surface area (Å²) in [5.41, 5.74) is 1.19. The highest BCUT2D eigenvalue weighted by Gasteiger charge is 1.94. The van der Waals surface area contributed by atoms with Gasteiger partial charge in [0.15, 0.2) is 0 Å². The molecule has 0 saturated heterocycles. The molecular weight excluding hydrogens is 170 g/mol. The van der Waals surface area contributed by atoms with E-state index in [2.05, 4.69) is 11.9 Å². The lowest BCUT2D eigenvalue weighted by Crippen LogP contribution is -2.22. The molecule has 0 spiro atoms. The molecule has 0 aromatic rings. The number of rotatable bonds is 7. The minimum Gasteiger partial charge on any atom is -0.316 e. The largest absolute Gasteiger partial charge is 0.316 e. The second-order valence-corrected chi connectivity index (χ2v) is 4.75. The van der Waals surface area contributed by atoms with Crippen LogP contribution in [0.4, 0.5) is 0 Å². The van der Waals surface area contributed by atoms with E-state index in [1.165, 1.54) is 5.57 Å². The summed E-state index contributed by atoms with van der Waals surface area (Å²) in [6.45, 7) is 9.58. The van der Waals surface area contributed by atoms with Crippen molar-refractivity contribution in [2.75, 3.05) is 24.6 Å². The molecule has 1 atom stereocenters. The second kappa shape index (κ2) is 7.50. The molecule has 2 nitrogen and oxygen atoms in total. The van der Waals surface area contributed by atoms with Crippen LogP contribution >= 0.6 is 0 Å². The molecule has 0 aromatic carbocycles. The van der Waals surface area contributed by atoms with Gasteiger partial charge < -0.3 is 5.32 Å². The predicted octanol–water partition coefficient (Wildman–Crippen LogP) is 1.31. The molecule has 12 heavy (non-hydrogen) atoms. The van der Waals surface area contributed by atoms with Crippen LogP contribution in [0, 0.1) is 0 Å². The Hall–Kier alpha value is -0.150. The third-order valence-electron chi connectivity index (χ3n) is 1.56. The lowest BCUT2D eigenvalue weighted by molar-refractivity contribution is 0.672. The van der Waals surface area contributed by atoms with Crippen molar-refractivity contribution in [2.24, 2.45) is 0 Å². The van der Waals surface area contributed by atoms with Gasteiger partial charge in [0, 0.05) is 28.9 Å². The molecule has 0 aliphatic heterocycles. The molecule has 72 valence electrons. The molecule has 0 heterocycles. The van der Waals surface area contributed by atoms with Gasteiger partial charge in [-0.15, -0.1) is 6.58 Å². The van der Waals surface area contributed by atoms with Gasteiger partial charge in [-0.1, -0.05) is 12.5 Å². The SMILES string of the molecule is C=C(C)CCNCCS(=O)CC. The Balaban J connectivity index is 3.11. The molecule has 0 aliphatic rings. The second-order valence-electron chi connectivity index (χ2n) is 2.89. The van der Waals surface area contributed by atoms with Crippen molar-refractivity contribution >= 4 is 10.8 Å². The van der Waals surface area contributed by atoms with E-state index in [1.54, 1.807) is 0 Å². The van der Waals surface area contributed by atoms with Crippen molar-refractivity contribution < 1.29 is 4.21 Å². The van der Waals surface area contributed by atoms with Gasteiger partial charge in [0.2, 0.25) is 0 Å². The van der Waals surface area contributed by atoms with E-state index in [4.69, 9.17) is 0 Å². The maximum atomic E-state index is 11.0. The third-order valence-corrected chi connectivity index (χ3v) is 2.86. The summed E-state index contributed by atoms with van der Waals surface area (Å²) >= 11 is 0. The van der Waals surface area contributed by atoms with Crippen LogP contribution in [0.3, 0.4) is 0 Å². The minimum absolute atomic E-state index is 0.626. The van der Waals surface area contributed by atoms with Crippen molar-refractivity contribution in [3.05, 3.63) is 12.2 Å². The van der Waals surface area contributed by atoms with Crippen LogP contribution in [0.5, 0.6) is 0 Å². The Labute approximate surface area is 77.9 Å². The molecule has 0 saturated carbocycles. The maximum absolute atomic E-state index is 11.0. The van der Waals surface area contributed by atoms with Gasteiger partial charge in [0.05, 0.1) is 0 Å². The molecule has 1 N–H and O–H groups in total. The molecule has 0 radical (unpaired) electrons. The minimum atomic E-state index is -0.626. The van der Waals surface area contributed by atoms with Crippen molar-refractivity contribution in [3.63, 3.8) is 0 Å². The molecule has 0 aromatic heterocycles. The van der Waals surface area contributed by atoms with Gasteiger partial charge in [-0.3, -0.25) is 4.21 Å². The van der Waals surface area contributed by atoms with E-state index in [9.17, 15) is 4.21 Å². The summed E-state index contributed by atoms with van der Waals surface area (Å²) in [5, 5.41) is 3.23. The van der Waals surface area contributed by atoms with Crippen molar-refractivity contribution in [1.82, 2.24) is 5.32 Å². The monoisotopic (exact) mass is 189 g/mol. The Morgan fingerprint density at radius 3 is 2.67 bits per heavy atom. The first kappa shape index (κ1) is 11.8. The molecule has 0 bridgehead atoms. The molecule has 0 fully saturated rings. The zero-order chi connectivity index (χ0) is 9.40. The fourth-order valence-corrected chi connectivity index (χ4v) is 1.42. The summed E-state index contributed by atoms with van der Waals surface area (Å²) in [6.07, 6.45) is 1.01. The Morgan fingerprint density at radius 2 is 2.17 bits per heavy atom. The van der Waals surface area contributed by atoms with E-state index in [-0.39, 0.29) is 0 Å². The van der Waals surface area contributed by atoms with Gasteiger partial charge in [0.1, 0.15) is 0 Å². The van der Waals surface area contributed by atoms with Gasteiger partial charge in [-0.25, -0.2) is 0 Å². The smallest absolute Gasteiger partial charge is 0.0359 e. The topological polar surface area (TPSA) is 29.1 Å². The van der Waals surface area contributed by atoms with E-state index in [1.807, 2.05) is 13.8 Å². The maximum Gasteiger partial charge on any atom is 0.0359 e. The lowest BCUT2D eigenvalue weighted by atomic mass is 10.2. The van der Waals surface area contributed by atoms with Crippen molar-refractivity contribution in [1.29, 1.82) is 0 Å². The molecule has 0 amide bonds. The summed E-state index contributed by atoms with van der Waals surface area (Å²) in [4.78, 5) is 0. The van der Waals surface area contributed by atoms with Crippen molar-refractivity contribution in [2.45, 2.75) is 20.3 Å². The predicted molar refractivity (Wildman–Crippen MR) is 55.9 cm³/mol. The summed E-state index contributed by atoms with van der Waals surface area (Å²) in [5.74, 6) is 1.54. The van der Waals surface area contributed by atoms with Gasteiger partial charge in [-0.05, 0) is 19.9 Å². The van der Waals surface area contributed by atoms with E-state index >= 15 is 0 Å². The van der Waals surface area contributed by atoms with E-state index in [0.29, 0.717) is 0 Å². The van der Waals surface area contributed by atoms with Crippen LogP contribution in [0.2, 0.25) is 0 Å². The summed E-state index contributed by atoms with van der Waals surface area (Å²) < 4.78 is 11.0. The number of hydrogen-bond donors (Lipinski definition) is 1. The summed E-state index contributed by atoms with van der Waals surface area (Å²) in [6, 6.07) is 0. The zero-order valence-corrected chi connectivity index (χ0v) is 8.88. The zero-order valence-electron chi connectivity index (χ0n) is 8.06. The highest BCUT2D eigenvalue weighted by atomic mass is 32.2. The first-order chi connectivity index (χ1) is 5.66. The van der Waals surface area contributed by atoms with Crippen LogP contribution < -0.4 is 5.32 Å². The van der Waals surface area contributed by atoms with Crippen LogP contribution in [0.25, 0.3) is 0 Å². The number of hydrogen-bond acceptors (Lipinski definition) is 2. The highest BCUT2D eigenvalue weighted by Crippen LogP contribution is 1.91. The van der Waals surface area contributed by atoms with Crippen LogP contribution in [-0.4, -0.2) is 28.8 Å². The molecule has 1 unspecified atom stereocenters. The van der Waals surface area contributed by atoms with Crippen LogP contribution in [-0.2, 0) is 10.8 Å². The average molecular weight is 189 g/mol. The Kier molecular flexibility index (Phi) is 7.40. The molecule has 3 heteroatoms. The Bertz CT molecular complexity index is 157. The van der Waals surface area contributed by atoms with Crippen LogP contribution in [0.1, 0.15) is 20.3 Å². The first-order valence-corrected chi connectivity index (χ1v) is 5.85. The normalized spacial score (nSPS) is 12.8. The highest BCUT2D eigenvalue weighted by molar-refractivity contribution is 7.84. The van der Waals surface area contributed by atoms with Gasteiger partial charge in [0.25, 0.3) is 0 Å². The first-order valence-electron chi connectivity index (χ1n) is 4.37. The van der Waals surface area contributed by atoms with Crippen molar-refractivity contribution in [3.8, 4) is 0 Å². The summed E-state index contributed by atoms with van der Waals surface area (Å²) in [7, 11) is -0.626. The van der Waals surface area contributed by atoms with Crippen LogP contribution in [0.15, 0.2) is 12.2 Å². The quantitative estimate of drug-likeness (QED) is 0.483. The third kappa shape index (κ3) is 7.95. The standard InChI is InChI=1S/C9H19NOS/c1-4-12(11)8-7-10-6-5-9(2)3/h10H,2,4-8H2,1,3H3. The fraction of sp³-hybridized carbons (Fsp3) is 0.778. The molecule has 0 rings (SSSR count). The molecule has 0 aliphatic carbocycles. The van der Waals surface area contributed by atoms with E-state index < -0.39 is 10.8 Å². The van der Waals surface area contributed by atoms with E-state index in [0.717, 1.165) is 31.0 Å². The molecular formula is C9H19NOS.